The van der Waals surface area contributed by atoms with Gasteiger partial charge in [-0.3, -0.25) is 4.79 Å². The number of hydrogen-bond acceptors (Lipinski definition) is 3. The molecule has 1 aromatic carbocycles. The fraction of sp³-hybridized carbons (Fsp3) is 0.429. The number of rotatable bonds is 9. The number of carbonyl (C=O) groups is 1. The summed E-state index contributed by atoms with van der Waals surface area (Å²) in [7, 11) is 0. The number of thioether (sulfide) groups is 1. The van der Waals surface area contributed by atoms with Crippen molar-refractivity contribution in [1.82, 2.24) is 19.9 Å². The lowest BCUT2D eigenvalue weighted by molar-refractivity contribution is -0.125. The lowest BCUT2D eigenvalue weighted by Crippen LogP contribution is -2.36. The molecule has 2 N–H and O–H groups in total. The number of aromatic amines is 1. The van der Waals surface area contributed by atoms with Gasteiger partial charge in [0.25, 0.3) is 0 Å². The Balaban J connectivity index is 1.82. The average Bonchev–Trinajstić information content (AvgIpc) is 3.32. The van der Waals surface area contributed by atoms with Gasteiger partial charge in [0, 0.05) is 12.4 Å². The second-order valence-corrected chi connectivity index (χ2v) is 8.24. The van der Waals surface area contributed by atoms with Crippen molar-refractivity contribution in [2.24, 2.45) is 5.92 Å². The van der Waals surface area contributed by atoms with Gasteiger partial charge >= 0.3 is 0 Å². The summed E-state index contributed by atoms with van der Waals surface area (Å²) in [6.45, 7) is 4.29. The quantitative estimate of drug-likeness (QED) is 0.568. The van der Waals surface area contributed by atoms with Crippen molar-refractivity contribution in [3.63, 3.8) is 0 Å². The van der Waals surface area contributed by atoms with E-state index >= 15 is 0 Å². The first-order valence-corrected chi connectivity index (χ1v) is 10.8. The van der Waals surface area contributed by atoms with Crippen molar-refractivity contribution in [2.75, 3.05) is 12.0 Å². The molecule has 5 nitrogen and oxygen atoms in total. The van der Waals surface area contributed by atoms with Crippen LogP contribution in [0.3, 0.4) is 0 Å². The van der Waals surface area contributed by atoms with Gasteiger partial charge in [0.2, 0.25) is 5.91 Å². The summed E-state index contributed by atoms with van der Waals surface area (Å²) < 4.78 is 2.00. The summed E-state index contributed by atoms with van der Waals surface area (Å²) >= 11 is 1.78. The lowest BCUT2D eigenvalue weighted by atomic mass is 10.0. The molecule has 27 heavy (non-hydrogen) atoms. The Morgan fingerprint density at radius 1 is 1.22 bits per heavy atom. The minimum Gasteiger partial charge on any atom is -0.344 e. The Morgan fingerprint density at radius 2 is 1.96 bits per heavy atom. The molecule has 2 aromatic heterocycles. The maximum atomic E-state index is 13.2. The molecule has 0 aliphatic rings. The molecule has 0 fully saturated rings. The van der Waals surface area contributed by atoms with Gasteiger partial charge in [-0.2, -0.15) is 11.8 Å². The highest BCUT2D eigenvalue weighted by Gasteiger charge is 2.25. The molecule has 144 valence electrons. The number of imidazole rings is 1. The highest BCUT2D eigenvalue weighted by Crippen LogP contribution is 2.23. The molecule has 0 saturated heterocycles. The van der Waals surface area contributed by atoms with Crippen molar-refractivity contribution in [1.29, 1.82) is 0 Å². The number of nitrogens with zero attached hydrogens (tertiary/aromatic N) is 2. The SMILES string of the molecule is CSCC[C@@H](NC(=O)[C@H](CC(C)C)n1cccc1)c1nc2ccccc2[nH]1. The number of amides is 1. The van der Waals surface area contributed by atoms with Crippen molar-refractivity contribution in [3.8, 4) is 0 Å². The third-order valence-electron chi connectivity index (χ3n) is 4.65. The Kier molecular flexibility index (Phi) is 6.61. The molecule has 2 atom stereocenters. The fourth-order valence-electron chi connectivity index (χ4n) is 3.28. The molecule has 0 aliphatic carbocycles. The molecule has 0 aliphatic heterocycles. The van der Waals surface area contributed by atoms with E-state index in [0.717, 1.165) is 35.5 Å². The van der Waals surface area contributed by atoms with Gasteiger partial charge in [0.15, 0.2) is 0 Å². The zero-order valence-corrected chi connectivity index (χ0v) is 17.0. The van der Waals surface area contributed by atoms with Crippen LogP contribution in [-0.4, -0.2) is 32.5 Å². The van der Waals surface area contributed by atoms with Crippen molar-refractivity contribution >= 4 is 28.7 Å². The van der Waals surface area contributed by atoms with E-state index in [1.165, 1.54) is 0 Å². The summed E-state index contributed by atoms with van der Waals surface area (Å²) in [5.41, 5.74) is 1.93. The first-order valence-electron chi connectivity index (χ1n) is 9.45. The van der Waals surface area contributed by atoms with Crippen molar-refractivity contribution < 1.29 is 4.79 Å². The third-order valence-corrected chi connectivity index (χ3v) is 5.29. The average molecular weight is 385 g/mol. The standard InChI is InChI=1S/C21H28N4OS/c1-15(2)14-19(25-11-6-7-12-25)21(26)24-18(10-13-27-3)20-22-16-8-4-5-9-17(16)23-20/h4-9,11-12,15,18-19H,10,13-14H2,1-3H3,(H,22,23)(H,24,26)/t18-,19+/m1/s1. The van der Waals surface area contributed by atoms with Crippen LogP contribution >= 0.6 is 11.8 Å². The molecule has 6 heteroatoms. The summed E-state index contributed by atoms with van der Waals surface area (Å²) in [4.78, 5) is 21.3. The number of para-hydroxylation sites is 2. The predicted octanol–water partition coefficient (Wildman–Crippen LogP) is 4.56. The molecule has 0 bridgehead atoms. The van der Waals surface area contributed by atoms with E-state index in [2.05, 4.69) is 30.4 Å². The van der Waals surface area contributed by atoms with Crippen molar-refractivity contribution in [2.45, 2.75) is 38.8 Å². The van der Waals surface area contributed by atoms with E-state index in [9.17, 15) is 4.79 Å². The first-order chi connectivity index (χ1) is 13.1. The zero-order chi connectivity index (χ0) is 19.2. The molecule has 3 rings (SSSR count). The van der Waals surface area contributed by atoms with Gasteiger partial charge in [0.1, 0.15) is 11.9 Å². The van der Waals surface area contributed by atoms with Crippen molar-refractivity contribution in [3.05, 3.63) is 54.6 Å². The normalized spacial score (nSPS) is 13.8. The number of aromatic nitrogens is 3. The molecule has 2 heterocycles. The van der Waals surface area contributed by atoms with E-state index < -0.39 is 0 Å². The third kappa shape index (κ3) is 4.95. The van der Waals surface area contributed by atoms with E-state index in [0.29, 0.717) is 5.92 Å². The van der Waals surface area contributed by atoms with Crippen LogP contribution in [0.4, 0.5) is 0 Å². The molecular weight excluding hydrogens is 356 g/mol. The summed E-state index contributed by atoms with van der Waals surface area (Å²) in [6.07, 6.45) is 7.65. The molecule has 3 aromatic rings. The summed E-state index contributed by atoms with van der Waals surface area (Å²) in [6, 6.07) is 11.6. The number of H-pyrrole nitrogens is 1. The van der Waals surface area contributed by atoms with Crippen LogP contribution in [0, 0.1) is 5.92 Å². The number of carbonyl (C=O) groups excluding carboxylic acids is 1. The van der Waals surface area contributed by atoms with Gasteiger partial charge in [-0.05, 0) is 55.0 Å². The van der Waals surface area contributed by atoms with Gasteiger partial charge < -0.3 is 14.9 Å². The maximum absolute atomic E-state index is 13.2. The number of benzene rings is 1. The monoisotopic (exact) mass is 384 g/mol. The van der Waals surface area contributed by atoms with Gasteiger partial charge in [0.05, 0.1) is 17.1 Å². The highest BCUT2D eigenvalue weighted by atomic mass is 32.2. The lowest BCUT2D eigenvalue weighted by Gasteiger charge is -2.24. The maximum Gasteiger partial charge on any atom is 0.243 e. The smallest absolute Gasteiger partial charge is 0.243 e. The number of hydrogen-bond donors (Lipinski definition) is 2. The number of nitrogens with one attached hydrogen (secondary N) is 2. The predicted molar refractivity (Wildman–Crippen MR) is 113 cm³/mol. The summed E-state index contributed by atoms with van der Waals surface area (Å²) in [5.74, 6) is 2.26. The second kappa shape index (κ2) is 9.13. The largest absolute Gasteiger partial charge is 0.344 e. The molecule has 0 saturated carbocycles. The Bertz CT molecular complexity index is 823. The van der Waals surface area contributed by atoms with E-state index in [1.54, 1.807) is 11.8 Å². The van der Waals surface area contributed by atoms with E-state index in [-0.39, 0.29) is 18.0 Å². The van der Waals surface area contributed by atoms with Gasteiger partial charge in [-0.25, -0.2) is 4.98 Å². The molecule has 0 radical (unpaired) electrons. The first kappa shape index (κ1) is 19.5. The molecule has 0 spiro atoms. The van der Waals surface area contributed by atoms with Crippen LogP contribution in [0.25, 0.3) is 11.0 Å². The zero-order valence-electron chi connectivity index (χ0n) is 16.2. The highest BCUT2D eigenvalue weighted by molar-refractivity contribution is 7.98. The summed E-state index contributed by atoms with van der Waals surface area (Å²) in [5, 5.41) is 3.26. The van der Waals surface area contributed by atoms with Crippen LogP contribution < -0.4 is 5.32 Å². The minimum absolute atomic E-state index is 0.0476. The van der Waals surface area contributed by atoms with Gasteiger partial charge in [-0.1, -0.05) is 26.0 Å². The second-order valence-electron chi connectivity index (χ2n) is 7.26. The van der Waals surface area contributed by atoms with Crippen LogP contribution in [0.15, 0.2) is 48.8 Å². The Hall–Kier alpha value is -2.21. The van der Waals surface area contributed by atoms with Crippen LogP contribution in [0.5, 0.6) is 0 Å². The fourth-order valence-corrected chi connectivity index (χ4v) is 3.76. The van der Waals surface area contributed by atoms with Gasteiger partial charge in [-0.15, -0.1) is 0 Å². The molecule has 0 unspecified atom stereocenters. The van der Waals surface area contributed by atoms with Crippen LogP contribution in [0.2, 0.25) is 0 Å². The Labute approximate surface area is 165 Å². The van der Waals surface area contributed by atoms with E-state index in [1.807, 2.05) is 53.4 Å². The number of fused-ring (bicyclic) bond motifs is 1. The van der Waals surface area contributed by atoms with Crippen LogP contribution in [0.1, 0.15) is 44.6 Å². The van der Waals surface area contributed by atoms with E-state index in [4.69, 9.17) is 4.98 Å². The molecule has 1 amide bonds. The Morgan fingerprint density at radius 3 is 2.63 bits per heavy atom. The van der Waals surface area contributed by atoms with Crippen LogP contribution in [-0.2, 0) is 4.79 Å². The molecular formula is C21H28N4OS. The topological polar surface area (TPSA) is 62.7 Å². The minimum atomic E-state index is -0.207.